The number of carbonyl (C=O) groups is 1. The van der Waals surface area contributed by atoms with Crippen LogP contribution in [0, 0.1) is 11.3 Å². The predicted octanol–water partition coefficient (Wildman–Crippen LogP) is 1.36. The fourth-order valence-corrected chi connectivity index (χ4v) is 2.04. The molecule has 23 heavy (non-hydrogen) atoms. The molecule has 118 valence electrons. The van der Waals surface area contributed by atoms with Gasteiger partial charge < -0.3 is 20.9 Å². The number of aromatic nitrogens is 2. The third-order valence-electron chi connectivity index (χ3n) is 3.02. The summed E-state index contributed by atoms with van der Waals surface area (Å²) in [6, 6.07) is 6.61. The van der Waals surface area contributed by atoms with Crippen LogP contribution >= 0.6 is 0 Å². The summed E-state index contributed by atoms with van der Waals surface area (Å²) in [6.07, 6.45) is 0. The zero-order valence-electron chi connectivity index (χ0n) is 12.7. The van der Waals surface area contributed by atoms with Crippen LogP contribution in [-0.4, -0.2) is 29.7 Å². The lowest BCUT2D eigenvalue weighted by Crippen LogP contribution is -2.07. The van der Waals surface area contributed by atoms with Crippen molar-refractivity contribution in [1.82, 2.24) is 9.97 Å². The molecule has 0 atom stereocenters. The maximum Gasteiger partial charge on any atom is 0.337 e. The number of benzene rings is 1. The number of methoxy groups -OCH3 is 1. The van der Waals surface area contributed by atoms with E-state index < -0.39 is 5.97 Å². The maximum atomic E-state index is 11.7. The molecule has 0 saturated carbocycles. The molecular formula is C15H15N5O3. The highest BCUT2D eigenvalue weighted by atomic mass is 16.5. The Morgan fingerprint density at radius 2 is 2.09 bits per heavy atom. The van der Waals surface area contributed by atoms with E-state index in [1.807, 2.05) is 6.07 Å². The molecule has 0 bridgehead atoms. The van der Waals surface area contributed by atoms with Gasteiger partial charge in [0, 0.05) is 5.56 Å². The van der Waals surface area contributed by atoms with Crippen molar-refractivity contribution in [3.05, 3.63) is 29.3 Å². The lowest BCUT2D eigenvalue weighted by atomic mass is 10.0. The second kappa shape index (κ2) is 6.62. The predicted molar refractivity (Wildman–Crippen MR) is 83.5 cm³/mol. The number of hydrogen-bond acceptors (Lipinski definition) is 8. The molecule has 4 N–H and O–H groups in total. The number of nitriles is 1. The van der Waals surface area contributed by atoms with E-state index in [0.29, 0.717) is 23.5 Å². The molecule has 8 nitrogen and oxygen atoms in total. The average molecular weight is 313 g/mol. The molecule has 0 amide bonds. The lowest BCUT2D eigenvalue weighted by molar-refractivity contribution is 0.0600. The third-order valence-corrected chi connectivity index (χ3v) is 3.02. The summed E-state index contributed by atoms with van der Waals surface area (Å²) >= 11 is 0. The van der Waals surface area contributed by atoms with Crippen molar-refractivity contribution < 1.29 is 14.3 Å². The van der Waals surface area contributed by atoms with Crippen molar-refractivity contribution in [3.8, 4) is 23.1 Å². The minimum Gasteiger partial charge on any atom is -0.493 e. The zero-order chi connectivity index (χ0) is 17.0. The summed E-state index contributed by atoms with van der Waals surface area (Å²) in [6.45, 7) is 2.15. The monoisotopic (exact) mass is 313 g/mol. The molecule has 0 fully saturated rings. The van der Waals surface area contributed by atoms with Crippen LogP contribution in [0.2, 0.25) is 0 Å². The quantitative estimate of drug-likeness (QED) is 0.807. The van der Waals surface area contributed by atoms with Crippen molar-refractivity contribution in [3.63, 3.8) is 0 Å². The van der Waals surface area contributed by atoms with E-state index >= 15 is 0 Å². The van der Waals surface area contributed by atoms with Crippen molar-refractivity contribution in [1.29, 1.82) is 5.26 Å². The van der Waals surface area contributed by atoms with Gasteiger partial charge in [0.15, 0.2) is 0 Å². The lowest BCUT2D eigenvalue weighted by Gasteiger charge is -2.13. The topological polar surface area (TPSA) is 137 Å². The number of esters is 1. The Bertz CT molecular complexity index is 798. The number of nitrogens with two attached hydrogens (primary N) is 2. The average Bonchev–Trinajstić information content (AvgIpc) is 2.53. The van der Waals surface area contributed by atoms with Gasteiger partial charge in [0.05, 0.1) is 25.0 Å². The molecule has 1 aromatic heterocycles. The number of nitrogens with zero attached hydrogens (tertiary/aromatic N) is 3. The third kappa shape index (κ3) is 3.13. The van der Waals surface area contributed by atoms with Crippen molar-refractivity contribution in [2.75, 3.05) is 25.2 Å². The van der Waals surface area contributed by atoms with Crippen LogP contribution < -0.4 is 16.2 Å². The Morgan fingerprint density at radius 1 is 1.35 bits per heavy atom. The number of nitrogen functional groups attached to an aromatic ring is 2. The van der Waals surface area contributed by atoms with Gasteiger partial charge in [-0.25, -0.2) is 9.78 Å². The Labute approximate surface area is 132 Å². The van der Waals surface area contributed by atoms with E-state index in [4.69, 9.17) is 16.2 Å². The van der Waals surface area contributed by atoms with Gasteiger partial charge in [-0.15, -0.1) is 0 Å². The number of hydrogen-bond donors (Lipinski definition) is 2. The molecule has 1 heterocycles. The van der Waals surface area contributed by atoms with Crippen LogP contribution in [0.5, 0.6) is 5.75 Å². The second-order valence-corrected chi connectivity index (χ2v) is 4.44. The first-order valence-electron chi connectivity index (χ1n) is 6.70. The Hall–Kier alpha value is -3.34. The van der Waals surface area contributed by atoms with Crippen molar-refractivity contribution >= 4 is 17.7 Å². The number of anilines is 2. The standard InChI is InChI=1S/C15H15N5O3/c1-3-23-11-6-8(14(21)22-2)4-5-9(11)12-10(7-16)13(17)20-15(18)19-12/h4-6H,3H2,1-2H3,(H4,17,18,19,20). The minimum atomic E-state index is -0.500. The molecule has 2 aromatic rings. The first kappa shape index (κ1) is 16.0. The maximum absolute atomic E-state index is 11.7. The second-order valence-electron chi connectivity index (χ2n) is 4.44. The highest BCUT2D eigenvalue weighted by molar-refractivity contribution is 5.91. The molecular weight excluding hydrogens is 298 g/mol. The van der Waals surface area contributed by atoms with E-state index in [1.165, 1.54) is 13.2 Å². The molecule has 2 rings (SSSR count). The van der Waals surface area contributed by atoms with Gasteiger partial charge >= 0.3 is 5.97 Å². The summed E-state index contributed by atoms with van der Waals surface area (Å²) in [4.78, 5) is 19.5. The Balaban J connectivity index is 2.69. The van der Waals surface area contributed by atoms with Gasteiger partial charge in [-0.3, -0.25) is 0 Å². The van der Waals surface area contributed by atoms with Crippen LogP contribution in [0.25, 0.3) is 11.3 Å². The van der Waals surface area contributed by atoms with Gasteiger partial charge in [0.25, 0.3) is 0 Å². The smallest absolute Gasteiger partial charge is 0.337 e. The first-order valence-corrected chi connectivity index (χ1v) is 6.70. The van der Waals surface area contributed by atoms with Crippen LogP contribution in [0.1, 0.15) is 22.8 Å². The minimum absolute atomic E-state index is 0.0190. The van der Waals surface area contributed by atoms with Crippen LogP contribution in [0.3, 0.4) is 0 Å². The van der Waals surface area contributed by atoms with E-state index in [9.17, 15) is 10.1 Å². The van der Waals surface area contributed by atoms with Gasteiger partial charge in [-0.1, -0.05) is 0 Å². The molecule has 1 aromatic carbocycles. The fraction of sp³-hybridized carbons (Fsp3) is 0.200. The number of carbonyl (C=O) groups excluding carboxylic acids is 1. The molecule has 0 aliphatic heterocycles. The SMILES string of the molecule is CCOc1cc(C(=O)OC)ccc1-c1nc(N)nc(N)c1C#N. The molecule has 0 aliphatic carbocycles. The Morgan fingerprint density at radius 3 is 2.70 bits per heavy atom. The molecule has 0 aliphatic rings. The molecule has 0 saturated heterocycles. The first-order chi connectivity index (χ1) is 11.0. The van der Waals surface area contributed by atoms with Gasteiger partial charge in [0.1, 0.15) is 23.2 Å². The summed E-state index contributed by atoms with van der Waals surface area (Å²) < 4.78 is 10.2. The normalized spacial score (nSPS) is 9.96. The summed E-state index contributed by atoms with van der Waals surface area (Å²) in [5.74, 6) is -0.213. The summed E-state index contributed by atoms with van der Waals surface area (Å²) in [7, 11) is 1.29. The van der Waals surface area contributed by atoms with Crippen molar-refractivity contribution in [2.24, 2.45) is 0 Å². The number of rotatable bonds is 4. The highest BCUT2D eigenvalue weighted by Gasteiger charge is 2.19. The van der Waals surface area contributed by atoms with E-state index in [-0.39, 0.29) is 23.0 Å². The molecule has 0 spiro atoms. The number of ether oxygens (including phenoxy) is 2. The zero-order valence-corrected chi connectivity index (χ0v) is 12.7. The largest absolute Gasteiger partial charge is 0.493 e. The van der Waals surface area contributed by atoms with Crippen LogP contribution in [0.15, 0.2) is 18.2 Å². The van der Waals surface area contributed by atoms with Gasteiger partial charge in [0.2, 0.25) is 5.95 Å². The van der Waals surface area contributed by atoms with Crippen LogP contribution in [0.4, 0.5) is 11.8 Å². The highest BCUT2D eigenvalue weighted by Crippen LogP contribution is 2.34. The Kier molecular flexibility index (Phi) is 4.61. The molecule has 8 heteroatoms. The van der Waals surface area contributed by atoms with Crippen LogP contribution in [-0.2, 0) is 4.74 Å². The van der Waals surface area contributed by atoms with Gasteiger partial charge in [-0.05, 0) is 25.1 Å². The van der Waals surface area contributed by atoms with E-state index in [1.54, 1.807) is 19.1 Å². The van der Waals surface area contributed by atoms with E-state index in [2.05, 4.69) is 14.7 Å². The summed E-state index contributed by atoms with van der Waals surface area (Å²) in [5, 5.41) is 9.29. The fourth-order valence-electron chi connectivity index (χ4n) is 2.04. The van der Waals surface area contributed by atoms with E-state index in [0.717, 1.165) is 0 Å². The van der Waals surface area contributed by atoms with Gasteiger partial charge in [-0.2, -0.15) is 10.2 Å². The molecule has 0 radical (unpaired) electrons. The van der Waals surface area contributed by atoms with Crippen molar-refractivity contribution in [2.45, 2.75) is 6.92 Å². The molecule has 0 unspecified atom stereocenters. The summed E-state index contributed by atoms with van der Waals surface area (Å²) in [5.41, 5.74) is 12.5.